The normalized spacial score (nSPS) is 18.9. The van der Waals surface area contributed by atoms with Crippen LogP contribution in [0.15, 0.2) is 24.5 Å². The highest BCUT2D eigenvalue weighted by atomic mass is 16.5. The summed E-state index contributed by atoms with van der Waals surface area (Å²) in [5, 5.41) is 2.91. The summed E-state index contributed by atoms with van der Waals surface area (Å²) in [4.78, 5) is 16.3. The predicted molar refractivity (Wildman–Crippen MR) is 72.0 cm³/mol. The first kappa shape index (κ1) is 12.2. The van der Waals surface area contributed by atoms with E-state index >= 15 is 0 Å². The Hall–Kier alpha value is -1.88. The van der Waals surface area contributed by atoms with E-state index in [1.165, 1.54) is 0 Å². The minimum Gasteiger partial charge on any atom is -0.376 e. The number of ether oxygens (including phenoxy) is 1. The van der Waals surface area contributed by atoms with Gasteiger partial charge >= 0.3 is 0 Å². The summed E-state index contributed by atoms with van der Waals surface area (Å²) >= 11 is 0. The van der Waals surface area contributed by atoms with E-state index in [1.807, 2.05) is 29.8 Å². The Labute approximate surface area is 111 Å². The lowest BCUT2D eigenvalue weighted by molar-refractivity contribution is 0.0858. The molecule has 5 nitrogen and oxygen atoms in total. The second-order valence-corrected chi connectivity index (χ2v) is 4.90. The van der Waals surface area contributed by atoms with Crippen LogP contribution in [0.25, 0.3) is 11.0 Å². The van der Waals surface area contributed by atoms with E-state index in [0.717, 1.165) is 30.5 Å². The standard InChI is InChI=1S/C14H17N3O2/c1-17-9-16-12-7-10(4-5-13(12)17)14(18)15-8-11-3-2-6-19-11/h4-5,7,9,11H,2-3,6,8H2,1H3,(H,15,18). The van der Waals surface area contributed by atoms with E-state index in [4.69, 9.17) is 4.74 Å². The number of aromatic nitrogens is 2. The second kappa shape index (κ2) is 5.01. The third-order valence-electron chi connectivity index (χ3n) is 3.50. The van der Waals surface area contributed by atoms with Crippen LogP contribution in [0.2, 0.25) is 0 Å². The first-order chi connectivity index (χ1) is 9.24. The van der Waals surface area contributed by atoms with Gasteiger partial charge < -0.3 is 14.6 Å². The van der Waals surface area contributed by atoms with Gasteiger partial charge in [-0.25, -0.2) is 4.98 Å². The second-order valence-electron chi connectivity index (χ2n) is 4.90. The Bertz CT molecular complexity index is 600. The van der Waals surface area contributed by atoms with E-state index < -0.39 is 0 Å². The molecule has 0 aliphatic carbocycles. The van der Waals surface area contributed by atoms with Crippen molar-refractivity contribution >= 4 is 16.9 Å². The highest BCUT2D eigenvalue weighted by Crippen LogP contribution is 2.14. The quantitative estimate of drug-likeness (QED) is 0.908. The molecule has 1 saturated heterocycles. The van der Waals surface area contributed by atoms with Gasteiger partial charge in [0, 0.05) is 25.8 Å². The molecule has 0 saturated carbocycles. The van der Waals surface area contributed by atoms with Crippen molar-refractivity contribution in [1.29, 1.82) is 0 Å². The van der Waals surface area contributed by atoms with E-state index in [0.29, 0.717) is 12.1 Å². The smallest absolute Gasteiger partial charge is 0.251 e. The third-order valence-corrected chi connectivity index (χ3v) is 3.50. The van der Waals surface area contributed by atoms with Crippen LogP contribution in [0.3, 0.4) is 0 Å². The van der Waals surface area contributed by atoms with Gasteiger partial charge in [0.1, 0.15) is 0 Å². The molecule has 1 atom stereocenters. The molecule has 1 aromatic heterocycles. The predicted octanol–water partition coefficient (Wildman–Crippen LogP) is 1.48. The Morgan fingerprint density at radius 2 is 2.47 bits per heavy atom. The first-order valence-electron chi connectivity index (χ1n) is 6.55. The van der Waals surface area contributed by atoms with Gasteiger partial charge in [-0.1, -0.05) is 0 Å². The molecule has 0 bridgehead atoms. The van der Waals surface area contributed by atoms with Gasteiger partial charge in [-0.2, -0.15) is 0 Å². The van der Waals surface area contributed by atoms with Crippen molar-refractivity contribution in [2.24, 2.45) is 7.05 Å². The molecule has 19 heavy (non-hydrogen) atoms. The van der Waals surface area contributed by atoms with Crippen molar-refractivity contribution in [3.05, 3.63) is 30.1 Å². The van der Waals surface area contributed by atoms with Gasteiger partial charge in [-0.15, -0.1) is 0 Å². The molecule has 1 N–H and O–H groups in total. The van der Waals surface area contributed by atoms with E-state index in [2.05, 4.69) is 10.3 Å². The number of rotatable bonds is 3. The van der Waals surface area contributed by atoms with Crippen molar-refractivity contribution in [3.8, 4) is 0 Å². The fourth-order valence-electron chi connectivity index (χ4n) is 2.39. The Balaban J connectivity index is 1.70. The van der Waals surface area contributed by atoms with Crippen molar-refractivity contribution in [2.75, 3.05) is 13.2 Å². The number of carbonyl (C=O) groups excluding carboxylic acids is 1. The molecular weight excluding hydrogens is 242 g/mol. The molecule has 3 rings (SSSR count). The molecule has 0 spiro atoms. The van der Waals surface area contributed by atoms with Crippen LogP contribution in [0, 0.1) is 0 Å². The summed E-state index contributed by atoms with van der Waals surface area (Å²) in [5.41, 5.74) is 2.51. The van der Waals surface area contributed by atoms with Crippen LogP contribution in [0.4, 0.5) is 0 Å². The molecule has 2 aromatic rings. The largest absolute Gasteiger partial charge is 0.376 e. The molecule has 0 radical (unpaired) electrons. The summed E-state index contributed by atoms with van der Waals surface area (Å²) in [6.45, 7) is 1.39. The molecule has 1 unspecified atom stereocenters. The fourth-order valence-corrected chi connectivity index (χ4v) is 2.39. The zero-order valence-electron chi connectivity index (χ0n) is 10.9. The number of hydrogen-bond acceptors (Lipinski definition) is 3. The summed E-state index contributed by atoms with van der Waals surface area (Å²) in [6.07, 6.45) is 4.03. The summed E-state index contributed by atoms with van der Waals surface area (Å²) in [7, 11) is 1.94. The molecular formula is C14H17N3O2. The number of aryl methyl sites for hydroxylation is 1. The minimum atomic E-state index is -0.0666. The summed E-state index contributed by atoms with van der Waals surface area (Å²) in [6, 6.07) is 5.57. The average Bonchev–Trinajstić information content (AvgIpc) is 3.06. The lowest BCUT2D eigenvalue weighted by Gasteiger charge is -2.10. The van der Waals surface area contributed by atoms with Crippen molar-refractivity contribution in [2.45, 2.75) is 18.9 Å². The van der Waals surface area contributed by atoms with Crippen LogP contribution < -0.4 is 5.32 Å². The van der Waals surface area contributed by atoms with Gasteiger partial charge in [0.2, 0.25) is 0 Å². The number of benzene rings is 1. The molecule has 5 heteroatoms. The number of imidazole rings is 1. The molecule has 1 aromatic carbocycles. The van der Waals surface area contributed by atoms with Crippen molar-refractivity contribution < 1.29 is 9.53 Å². The van der Waals surface area contributed by atoms with Gasteiger partial charge in [0.25, 0.3) is 5.91 Å². The molecule has 1 fully saturated rings. The maximum absolute atomic E-state index is 12.1. The zero-order valence-corrected chi connectivity index (χ0v) is 10.9. The lowest BCUT2D eigenvalue weighted by Crippen LogP contribution is -2.31. The monoisotopic (exact) mass is 259 g/mol. The van der Waals surface area contributed by atoms with Crippen molar-refractivity contribution in [1.82, 2.24) is 14.9 Å². The summed E-state index contributed by atoms with van der Waals surface area (Å²) in [5.74, 6) is -0.0666. The highest BCUT2D eigenvalue weighted by Gasteiger charge is 2.16. The number of hydrogen-bond donors (Lipinski definition) is 1. The van der Waals surface area contributed by atoms with Gasteiger partial charge in [-0.05, 0) is 31.0 Å². The zero-order chi connectivity index (χ0) is 13.2. The minimum absolute atomic E-state index is 0.0666. The van der Waals surface area contributed by atoms with Gasteiger partial charge in [-0.3, -0.25) is 4.79 Å². The maximum atomic E-state index is 12.1. The lowest BCUT2D eigenvalue weighted by atomic mass is 10.1. The number of nitrogens with zero attached hydrogens (tertiary/aromatic N) is 2. The van der Waals surface area contributed by atoms with Crippen LogP contribution in [0.5, 0.6) is 0 Å². The number of fused-ring (bicyclic) bond motifs is 1. The topological polar surface area (TPSA) is 56.2 Å². The molecule has 1 aliphatic heterocycles. The number of carbonyl (C=O) groups is 1. The first-order valence-corrected chi connectivity index (χ1v) is 6.55. The fraction of sp³-hybridized carbons (Fsp3) is 0.429. The van der Waals surface area contributed by atoms with Crippen molar-refractivity contribution in [3.63, 3.8) is 0 Å². The van der Waals surface area contributed by atoms with Crippen LogP contribution >= 0.6 is 0 Å². The third kappa shape index (κ3) is 2.46. The van der Waals surface area contributed by atoms with Gasteiger partial charge in [0.05, 0.1) is 23.5 Å². The number of amides is 1. The van der Waals surface area contributed by atoms with Crippen LogP contribution in [-0.2, 0) is 11.8 Å². The Morgan fingerprint density at radius 1 is 1.58 bits per heavy atom. The van der Waals surface area contributed by atoms with E-state index in [9.17, 15) is 4.79 Å². The molecule has 2 heterocycles. The molecule has 100 valence electrons. The SMILES string of the molecule is Cn1cnc2cc(C(=O)NCC3CCCO3)ccc21. The van der Waals surface area contributed by atoms with E-state index in [1.54, 1.807) is 6.33 Å². The Kier molecular flexibility index (Phi) is 3.21. The molecule has 1 amide bonds. The Morgan fingerprint density at radius 3 is 3.26 bits per heavy atom. The average molecular weight is 259 g/mol. The number of nitrogens with one attached hydrogen (secondary N) is 1. The van der Waals surface area contributed by atoms with Crippen LogP contribution in [0.1, 0.15) is 23.2 Å². The highest BCUT2D eigenvalue weighted by molar-refractivity contribution is 5.97. The van der Waals surface area contributed by atoms with E-state index in [-0.39, 0.29) is 12.0 Å². The maximum Gasteiger partial charge on any atom is 0.251 e. The van der Waals surface area contributed by atoms with Gasteiger partial charge in [0.15, 0.2) is 0 Å². The summed E-state index contributed by atoms with van der Waals surface area (Å²) < 4.78 is 7.42. The molecule has 1 aliphatic rings. The van der Waals surface area contributed by atoms with Crippen LogP contribution in [-0.4, -0.2) is 34.7 Å².